The number of piperazine rings is 1. The Balaban J connectivity index is 1.54. The number of carbonyl (C=O) groups is 1. The smallest absolute Gasteiger partial charge is 0.369 e. The van der Waals surface area contributed by atoms with Gasteiger partial charge in [0, 0.05) is 37.6 Å². The molecule has 1 saturated heterocycles. The molecule has 0 aliphatic carbocycles. The fourth-order valence-corrected chi connectivity index (χ4v) is 3.16. The fraction of sp³-hybridized carbons (Fsp3) is 0.350. The molecule has 0 bridgehead atoms. The van der Waals surface area contributed by atoms with Gasteiger partial charge in [-0.25, -0.2) is 0 Å². The van der Waals surface area contributed by atoms with Crippen molar-refractivity contribution in [3.63, 3.8) is 0 Å². The number of nitrogens with zero attached hydrogens (tertiary/aromatic N) is 2. The lowest BCUT2D eigenvalue weighted by Crippen LogP contribution is -2.52. The van der Waals surface area contributed by atoms with E-state index in [4.69, 9.17) is 0 Å². The average Bonchev–Trinajstić information content (AvgIpc) is 2.68. The second-order valence-corrected chi connectivity index (χ2v) is 6.60. The molecular formula is C20H22F3N3O. The lowest BCUT2D eigenvalue weighted by molar-refractivity contribution is -0.137. The van der Waals surface area contributed by atoms with E-state index in [1.54, 1.807) is 0 Å². The van der Waals surface area contributed by atoms with Crippen molar-refractivity contribution in [3.05, 3.63) is 60.2 Å². The average molecular weight is 377 g/mol. The number of hydrogen-bond donors (Lipinski definition) is 1. The van der Waals surface area contributed by atoms with Gasteiger partial charge in [-0.1, -0.05) is 18.2 Å². The highest BCUT2D eigenvalue weighted by Crippen LogP contribution is 2.29. The van der Waals surface area contributed by atoms with Gasteiger partial charge in [-0.2, -0.15) is 13.2 Å². The van der Waals surface area contributed by atoms with Crippen molar-refractivity contribution in [2.24, 2.45) is 0 Å². The first-order chi connectivity index (χ1) is 12.8. The number of nitrogens with one attached hydrogen (secondary N) is 1. The number of hydrogen-bond acceptors (Lipinski definition) is 3. The Morgan fingerprint density at radius 2 is 1.56 bits per heavy atom. The molecule has 0 saturated carbocycles. The first kappa shape index (κ1) is 19.2. The third-order valence-corrected chi connectivity index (χ3v) is 4.84. The quantitative estimate of drug-likeness (QED) is 0.879. The van der Waals surface area contributed by atoms with E-state index in [0.29, 0.717) is 5.69 Å². The van der Waals surface area contributed by atoms with E-state index in [0.717, 1.165) is 38.3 Å². The number of amides is 1. The highest BCUT2D eigenvalue weighted by molar-refractivity contribution is 5.94. The first-order valence-electron chi connectivity index (χ1n) is 8.87. The molecule has 0 aromatic heterocycles. The molecule has 1 aliphatic rings. The number of halogens is 3. The third kappa shape index (κ3) is 4.80. The summed E-state index contributed by atoms with van der Waals surface area (Å²) in [4.78, 5) is 16.8. The van der Waals surface area contributed by atoms with Gasteiger partial charge in [0.25, 0.3) is 0 Å². The van der Waals surface area contributed by atoms with Crippen LogP contribution in [0.1, 0.15) is 12.5 Å². The van der Waals surface area contributed by atoms with Gasteiger partial charge in [0.1, 0.15) is 0 Å². The van der Waals surface area contributed by atoms with Crippen molar-refractivity contribution in [1.82, 2.24) is 4.90 Å². The van der Waals surface area contributed by atoms with Crippen molar-refractivity contribution < 1.29 is 18.0 Å². The summed E-state index contributed by atoms with van der Waals surface area (Å²) in [6, 6.07) is 14.3. The van der Waals surface area contributed by atoms with Crippen molar-refractivity contribution >= 4 is 17.3 Å². The largest absolute Gasteiger partial charge is 0.416 e. The molecule has 1 heterocycles. The maximum atomic E-state index is 12.6. The summed E-state index contributed by atoms with van der Waals surface area (Å²) in [5.41, 5.74) is 0.798. The molecule has 0 spiro atoms. The standard InChI is InChI=1S/C20H22F3N3O/c1-15(19(27)24-17-9-7-16(8-10-17)20(21,22)23)25-11-13-26(14-12-25)18-5-3-2-4-6-18/h2-10,15H,11-14H2,1H3,(H,24,27)/t15-/m1/s1. The maximum absolute atomic E-state index is 12.6. The van der Waals surface area contributed by atoms with Crippen LogP contribution in [-0.2, 0) is 11.0 Å². The van der Waals surface area contributed by atoms with Crippen LogP contribution in [0.4, 0.5) is 24.5 Å². The van der Waals surface area contributed by atoms with Crippen LogP contribution < -0.4 is 10.2 Å². The van der Waals surface area contributed by atoms with Gasteiger partial charge in [0.05, 0.1) is 11.6 Å². The second kappa shape index (κ2) is 8.00. The molecule has 7 heteroatoms. The van der Waals surface area contributed by atoms with Crippen LogP contribution in [-0.4, -0.2) is 43.0 Å². The molecule has 1 N–H and O–H groups in total. The zero-order valence-electron chi connectivity index (χ0n) is 15.0. The predicted octanol–water partition coefficient (Wildman–Crippen LogP) is 3.85. The monoisotopic (exact) mass is 377 g/mol. The van der Waals surface area contributed by atoms with Gasteiger partial charge in [-0.15, -0.1) is 0 Å². The molecule has 144 valence electrons. The third-order valence-electron chi connectivity index (χ3n) is 4.84. The normalized spacial score (nSPS) is 16.8. The zero-order valence-corrected chi connectivity index (χ0v) is 15.0. The van der Waals surface area contributed by atoms with E-state index in [-0.39, 0.29) is 11.9 Å². The van der Waals surface area contributed by atoms with Crippen LogP contribution >= 0.6 is 0 Å². The van der Waals surface area contributed by atoms with Crippen LogP contribution in [0.2, 0.25) is 0 Å². The number of alkyl halides is 3. The summed E-state index contributed by atoms with van der Waals surface area (Å²) in [6.07, 6.45) is -4.38. The number of carbonyl (C=O) groups excluding carboxylic acids is 1. The van der Waals surface area contributed by atoms with Gasteiger partial charge in [-0.3, -0.25) is 9.69 Å². The van der Waals surface area contributed by atoms with Crippen LogP contribution in [0.25, 0.3) is 0 Å². The summed E-state index contributed by atoms with van der Waals surface area (Å²) in [5, 5.41) is 2.70. The molecule has 0 unspecified atom stereocenters. The Morgan fingerprint density at radius 1 is 0.963 bits per heavy atom. The van der Waals surface area contributed by atoms with Gasteiger partial charge >= 0.3 is 6.18 Å². The van der Waals surface area contributed by atoms with Gasteiger partial charge in [0.2, 0.25) is 5.91 Å². The van der Waals surface area contributed by atoms with Gasteiger partial charge in [-0.05, 0) is 43.3 Å². The molecule has 0 radical (unpaired) electrons. The Kier molecular flexibility index (Phi) is 5.70. The van der Waals surface area contributed by atoms with Gasteiger partial charge < -0.3 is 10.2 Å². The molecule has 3 rings (SSSR count). The van der Waals surface area contributed by atoms with Crippen LogP contribution in [0.15, 0.2) is 54.6 Å². The molecule has 1 aliphatic heterocycles. The number of anilines is 2. The van der Waals surface area contributed by atoms with E-state index in [2.05, 4.69) is 27.2 Å². The lowest BCUT2D eigenvalue weighted by atomic mass is 10.1. The SMILES string of the molecule is C[C@H](C(=O)Nc1ccc(C(F)(F)F)cc1)N1CCN(c2ccccc2)CC1. The zero-order chi connectivity index (χ0) is 19.4. The number of rotatable bonds is 4. The minimum absolute atomic E-state index is 0.220. The molecule has 1 fully saturated rings. The molecule has 1 atom stereocenters. The topological polar surface area (TPSA) is 35.6 Å². The van der Waals surface area contributed by atoms with Crippen molar-refractivity contribution in [2.75, 3.05) is 36.4 Å². The second-order valence-electron chi connectivity index (χ2n) is 6.60. The molecule has 2 aromatic rings. The Bertz CT molecular complexity index is 754. The molecule has 4 nitrogen and oxygen atoms in total. The van der Waals surface area contributed by atoms with Crippen LogP contribution in [0.3, 0.4) is 0 Å². The van der Waals surface area contributed by atoms with E-state index in [9.17, 15) is 18.0 Å². The maximum Gasteiger partial charge on any atom is 0.416 e. The molecule has 1 amide bonds. The summed E-state index contributed by atoms with van der Waals surface area (Å²) in [6.45, 7) is 4.95. The van der Waals surface area contributed by atoms with Crippen LogP contribution in [0, 0.1) is 0 Å². The Morgan fingerprint density at radius 3 is 2.11 bits per heavy atom. The lowest BCUT2D eigenvalue weighted by Gasteiger charge is -2.38. The van der Waals surface area contributed by atoms with Crippen molar-refractivity contribution in [2.45, 2.75) is 19.1 Å². The minimum atomic E-state index is -4.38. The Hall–Kier alpha value is -2.54. The minimum Gasteiger partial charge on any atom is -0.369 e. The highest BCUT2D eigenvalue weighted by atomic mass is 19.4. The summed E-state index contributed by atoms with van der Waals surface area (Å²) >= 11 is 0. The summed E-state index contributed by atoms with van der Waals surface area (Å²) in [7, 11) is 0. The Labute approximate surface area is 156 Å². The summed E-state index contributed by atoms with van der Waals surface area (Å²) in [5.74, 6) is -0.220. The molecular weight excluding hydrogens is 355 g/mol. The number of para-hydroxylation sites is 1. The van der Waals surface area contributed by atoms with E-state index in [1.807, 2.05) is 25.1 Å². The van der Waals surface area contributed by atoms with Crippen LogP contribution in [0.5, 0.6) is 0 Å². The van der Waals surface area contributed by atoms with Crippen molar-refractivity contribution in [1.29, 1.82) is 0 Å². The van der Waals surface area contributed by atoms with Gasteiger partial charge in [0.15, 0.2) is 0 Å². The van der Waals surface area contributed by atoms with Crippen molar-refractivity contribution in [3.8, 4) is 0 Å². The van der Waals surface area contributed by atoms with E-state index >= 15 is 0 Å². The predicted molar refractivity (Wildman–Crippen MR) is 99.8 cm³/mol. The number of benzene rings is 2. The van der Waals surface area contributed by atoms with E-state index < -0.39 is 11.7 Å². The summed E-state index contributed by atoms with van der Waals surface area (Å²) < 4.78 is 37.8. The molecule has 27 heavy (non-hydrogen) atoms. The fourth-order valence-electron chi connectivity index (χ4n) is 3.16. The first-order valence-corrected chi connectivity index (χ1v) is 8.87. The van der Waals surface area contributed by atoms with E-state index in [1.165, 1.54) is 17.8 Å². The molecule has 2 aromatic carbocycles. The highest BCUT2D eigenvalue weighted by Gasteiger charge is 2.30.